The summed E-state index contributed by atoms with van der Waals surface area (Å²) < 4.78 is 28.1. The molecule has 0 amide bonds. The predicted octanol–water partition coefficient (Wildman–Crippen LogP) is 3.95. The molecule has 0 spiro atoms. The van der Waals surface area contributed by atoms with E-state index in [1.807, 2.05) is 19.9 Å². The molecular formula is C17H24O5P2. The molecule has 5 nitrogen and oxygen atoms in total. The highest BCUT2D eigenvalue weighted by molar-refractivity contribution is 7.62. The lowest BCUT2D eigenvalue weighted by atomic mass is 9.95. The van der Waals surface area contributed by atoms with Gasteiger partial charge in [0.15, 0.2) is 0 Å². The van der Waals surface area contributed by atoms with Crippen LogP contribution in [0.4, 0.5) is 0 Å². The Kier molecular flexibility index (Phi) is 5.78. The van der Waals surface area contributed by atoms with Gasteiger partial charge < -0.3 is 18.6 Å². The molecule has 0 aromatic heterocycles. The molecule has 1 aliphatic rings. The standard InChI is InChI=1S/C17H24O5P2/c1-10(9-24(4,5)19)6-7-12-15(20-3)11(2)13-8-21-17(18)14(13)16(12)22-23/h6H,7-9,23H2,1-5H3/b10-6+. The van der Waals surface area contributed by atoms with Crippen molar-refractivity contribution < 1.29 is 23.4 Å². The van der Waals surface area contributed by atoms with Crippen LogP contribution in [-0.4, -0.2) is 32.6 Å². The normalized spacial score (nSPS) is 14.4. The van der Waals surface area contributed by atoms with Gasteiger partial charge in [0.1, 0.15) is 23.7 Å². The number of hydrogen-bond acceptors (Lipinski definition) is 5. The Morgan fingerprint density at radius 3 is 2.58 bits per heavy atom. The molecule has 1 heterocycles. The van der Waals surface area contributed by atoms with Crippen LogP contribution in [0.1, 0.15) is 34.0 Å². The Balaban J connectivity index is 2.51. The van der Waals surface area contributed by atoms with Crippen LogP contribution in [0.2, 0.25) is 0 Å². The largest absolute Gasteiger partial charge is 0.496 e. The van der Waals surface area contributed by atoms with Crippen molar-refractivity contribution in [2.45, 2.75) is 26.9 Å². The third-order valence-corrected chi connectivity index (χ3v) is 5.52. The maximum Gasteiger partial charge on any atom is 0.342 e. The summed E-state index contributed by atoms with van der Waals surface area (Å²) in [6, 6.07) is 0. The summed E-state index contributed by atoms with van der Waals surface area (Å²) in [6.07, 6.45) is 3.11. The zero-order valence-corrected chi connectivity index (χ0v) is 16.8. The van der Waals surface area contributed by atoms with Gasteiger partial charge in [-0.1, -0.05) is 11.6 Å². The van der Waals surface area contributed by atoms with Crippen molar-refractivity contribution in [2.75, 3.05) is 26.6 Å². The molecule has 1 aromatic carbocycles. The van der Waals surface area contributed by atoms with Gasteiger partial charge in [-0.05, 0) is 39.2 Å². The van der Waals surface area contributed by atoms with Gasteiger partial charge in [0.25, 0.3) is 0 Å². The number of benzene rings is 1. The third-order valence-electron chi connectivity index (χ3n) is 4.03. The number of carbonyl (C=O) groups is 1. The number of esters is 1. The van der Waals surface area contributed by atoms with E-state index < -0.39 is 7.14 Å². The van der Waals surface area contributed by atoms with Crippen molar-refractivity contribution in [3.63, 3.8) is 0 Å². The second-order valence-corrected chi connectivity index (χ2v) is 10.2. The molecule has 0 saturated heterocycles. The van der Waals surface area contributed by atoms with E-state index in [1.165, 1.54) is 0 Å². The minimum atomic E-state index is -2.12. The number of methoxy groups -OCH3 is 1. The fourth-order valence-electron chi connectivity index (χ4n) is 3.08. The molecule has 0 saturated carbocycles. The fraction of sp³-hybridized carbons (Fsp3) is 0.471. The van der Waals surface area contributed by atoms with Crippen LogP contribution in [0.25, 0.3) is 0 Å². The minimum Gasteiger partial charge on any atom is -0.496 e. The number of ether oxygens (including phenoxy) is 2. The van der Waals surface area contributed by atoms with Crippen molar-refractivity contribution in [1.82, 2.24) is 0 Å². The maximum absolute atomic E-state index is 12.1. The van der Waals surface area contributed by atoms with Gasteiger partial charge >= 0.3 is 5.97 Å². The Hall–Kier alpha value is -1.31. The first-order valence-corrected chi connectivity index (χ1v) is 10.9. The third kappa shape index (κ3) is 3.84. The number of rotatable bonds is 6. The van der Waals surface area contributed by atoms with Gasteiger partial charge in [-0.2, -0.15) is 0 Å². The van der Waals surface area contributed by atoms with Crippen LogP contribution in [0.15, 0.2) is 11.6 Å². The van der Waals surface area contributed by atoms with Crippen LogP contribution < -0.4 is 9.26 Å². The zero-order chi connectivity index (χ0) is 18.1. The van der Waals surface area contributed by atoms with Crippen LogP contribution in [0, 0.1) is 6.92 Å². The van der Waals surface area contributed by atoms with E-state index in [4.69, 9.17) is 14.0 Å². The first-order chi connectivity index (χ1) is 11.2. The summed E-state index contributed by atoms with van der Waals surface area (Å²) in [6.45, 7) is 7.66. The monoisotopic (exact) mass is 370 g/mol. The predicted molar refractivity (Wildman–Crippen MR) is 99.0 cm³/mol. The van der Waals surface area contributed by atoms with Crippen molar-refractivity contribution in [3.05, 3.63) is 33.9 Å². The molecular weight excluding hydrogens is 346 g/mol. The Morgan fingerprint density at radius 1 is 1.38 bits per heavy atom. The highest BCUT2D eigenvalue weighted by atomic mass is 31.2. The SMILES string of the molecule is COc1c(C)c2c(c(OP)c1C/C=C(\C)CP(C)(C)=O)C(=O)OC2. The zero-order valence-electron chi connectivity index (χ0n) is 14.8. The lowest BCUT2D eigenvalue weighted by Crippen LogP contribution is -2.05. The first-order valence-electron chi connectivity index (χ1n) is 7.65. The molecule has 0 fully saturated rings. The van der Waals surface area contributed by atoms with E-state index >= 15 is 0 Å². The average molecular weight is 370 g/mol. The van der Waals surface area contributed by atoms with Crippen LogP contribution in [-0.2, 0) is 22.3 Å². The number of allylic oxidation sites excluding steroid dienone is 2. The van der Waals surface area contributed by atoms with Crippen molar-refractivity contribution >= 4 is 22.6 Å². The summed E-state index contributed by atoms with van der Waals surface area (Å²) in [5, 5.41) is 0. The molecule has 1 aromatic rings. The molecule has 0 radical (unpaired) electrons. The van der Waals surface area contributed by atoms with Crippen LogP contribution in [0.3, 0.4) is 0 Å². The average Bonchev–Trinajstić information content (AvgIpc) is 2.86. The fourth-order valence-corrected chi connectivity index (χ4v) is 4.67. The number of cyclic esters (lactones) is 1. The van der Waals surface area contributed by atoms with E-state index in [0.717, 1.165) is 22.3 Å². The molecule has 1 unspecified atom stereocenters. The van der Waals surface area contributed by atoms with Crippen LogP contribution >= 0.6 is 16.6 Å². The number of hydrogen-bond donors (Lipinski definition) is 0. The topological polar surface area (TPSA) is 61.8 Å². The second kappa shape index (κ2) is 7.29. The second-order valence-electron chi connectivity index (χ2n) is 6.50. The van der Waals surface area contributed by atoms with Crippen molar-refractivity contribution in [2.24, 2.45) is 0 Å². The molecule has 0 aliphatic carbocycles. The van der Waals surface area contributed by atoms with E-state index in [0.29, 0.717) is 29.6 Å². The number of carbonyl (C=O) groups excluding carboxylic acids is 1. The molecule has 1 aliphatic heterocycles. The molecule has 7 heteroatoms. The van der Waals surface area contributed by atoms with Gasteiger partial charge in [0.2, 0.25) is 0 Å². The summed E-state index contributed by atoms with van der Waals surface area (Å²) in [5.41, 5.74) is 4.01. The van der Waals surface area contributed by atoms with Crippen LogP contribution in [0.5, 0.6) is 11.5 Å². The molecule has 0 N–H and O–H groups in total. The minimum absolute atomic E-state index is 0.237. The summed E-state index contributed by atoms with van der Waals surface area (Å²) >= 11 is 0. The van der Waals surface area contributed by atoms with Gasteiger partial charge in [0.05, 0.1) is 23.7 Å². The molecule has 0 bridgehead atoms. The number of fused-ring (bicyclic) bond motifs is 1. The summed E-state index contributed by atoms with van der Waals surface area (Å²) in [7, 11) is 1.67. The molecule has 1 atom stereocenters. The van der Waals surface area contributed by atoms with Crippen molar-refractivity contribution in [1.29, 1.82) is 0 Å². The highest BCUT2D eigenvalue weighted by Crippen LogP contribution is 2.44. The smallest absolute Gasteiger partial charge is 0.342 e. The molecule has 2 rings (SSSR count). The lowest BCUT2D eigenvalue weighted by molar-refractivity contribution is 0.0533. The van der Waals surface area contributed by atoms with E-state index in [9.17, 15) is 9.36 Å². The van der Waals surface area contributed by atoms with Gasteiger partial charge in [-0.15, -0.1) is 0 Å². The Bertz CT molecular complexity index is 746. The Labute approximate surface area is 145 Å². The van der Waals surface area contributed by atoms with E-state index in [2.05, 4.69) is 9.47 Å². The van der Waals surface area contributed by atoms with Gasteiger partial charge in [-0.3, -0.25) is 0 Å². The van der Waals surface area contributed by atoms with Gasteiger partial charge in [-0.25, -0.2) is 4.79 Å². The quantitative estimate of drug-likeness (QED) is 0.431. The summed E-state index contributed by atoms with van der Waals surface area (Å²) in [4.78, 5) is 12.1. The Morgan fingerprint density at radius 2 is 2.04 bits per heavy atom. The van der Waals surface area contributed by atoms with Crippen molar-refractivity contribution in [3.8, 4) is 11.5 Å². The van der Waals surface area contributed by atoms with E-state index in [1.54, 1.807) is 20.4 Å². The molecule has 132 valence electrons. The van der Waals surface area contributed by atoms with E-state index in [-0.39, 0.29) is 12.6 Å². The maximum atomic E-state index is 12.1. The lowest BCUT2D eigenvalue weighted by Gasteiger charge is -2.18. The first kappa shape index (κ1) is 19.0. The molecule has 24 heavy (non-hydrogen) atoms. The highest BCUT2D eigenvalue weighted by Gasteiger charge is 2.32. The summed E-state index contributed by atoms with van der Waals surface area (Å²) in [5.74, 6) is 0.798. The van der Waals surface area contributed by atoms with Gasteiger partial charge in [0, 0.05) is 17.3 Å².